The highest BCUT2D eigenvalue weighted by molar-refractivity contribution is 6.32. The standard InChI is InChI=1S/C23H24ClN5O5/c24-16-10-15-11-17(14-28-22(30)19(13-25)21-26-2-1-3-27-21)34-20(15)18(12-16)23(31)33-9-6-29-4-7-32-8-5-29/h1-3,10-13H,4-9,14,25H2,(H,28,30)/b19-13+. The van der Waals surface area contributed by atoms with Gasteiger partial charge in [0, 0.05) is 48.6 Å². The molecule has 0 aliphatic carbocycles. The van der Waals surface area contributed by atoms with Gasteiger partial charge in [0.25, 0.3) is 5.91 Å². The molecule has 1 amide bonds. The number of nitrogens with zero attached hydrogens (tertiary/aromatic N) is 3. The van der Waals surface area contributed by atoms with Crippen molar-refractivity contribution < 1.29 is 23.5 Å². The van der Waals surface area contributed by atoms with E-state index in [0.717, 1.165) is 19.3 Å². The Labute approximate surface area is 200 Å². The van der Waals surface area contributed by atoms with Crippen LogP contribution < -0.4 is 11.1 Å². The molecule has 34 heavy (non-hydrogen) atoms. The number of carbonyl (C=O) groups excluding carboxylic acids is 2. The molecule has 0 bridgehead atoms. The molecule has 1 saturated heterocycles. The molecule has 11 heteroatoms. The number of esters is 1. The van der Waals surface area contributed by atoms with Crippen LogP contribution in [0, 0.1) is 0 Å². The van der Waals surface area contributed by atoms with Gasteiger partial charge in [0.2, 0.25) is 0 Å². The Morgan fingerprint density at radius 2 is 1.97 bits per heavy atom. The number of rotatable bonds is 8. The van der Waals surface area contributed by atoms with E-state index >= 15 is 0 Å². The van der Waals surface area contributed by atoms with E-state index in [1.54, 1.807) is 18.2 Å². The third-order valence-corrected chi connectivity index (χ3v) is 5.46. The molecular weight excluding hydrogens is 462 g/mol. The Morgan fingerprint density at radius 3 is 2.71 bits per heavy atom. The first kappa shape index (κ1) is 23.7. The topological polar surface area (TPSA) is 133 Å². The molecule has 10 nitrogen and oxygen atoms in total. The lowest BCUT2D eigenvalue weighted by Gasteiger charge is -2.26. The summed E-state index contributed by atoms with van der Waals surface area (Å²) in [6.45, 7) is 3.89. The predicted octanol–water partition coefficient (Wildman–Crippen LogP) is 1.98. The van der Waals surface area contributed by atoms with Gasteiger partial charge in [-0.25, -0.2) is 14.8 Å². The average molecular weight is 486 g/mol. The van der Waals surface area contributed by atoms with Crippen molar-refractivity contribution in [2.24, 2.45) is 5.73 Å². The summed E-state index contributed by atoms with van der Waals surface area (Å²) in [6, 6.07) is 6.53. The second kappa shape index (κ2) is 11.1. The number of hydrogen-bond acceptors (Lipinski definition) is 9. The van der Waals surface area contributed by atoms with Gasteiger partial charge in [0.15, 0.2) is 5.82 Å². The van der Waals surface area contributed by atoms with E-state index in [1.165, 1.54) is 18.5 Å². The van der Waals surface area contributed by atoms with Crippen molar-refractivity contribution in [1.82, 2.24) is 20.2 Å². The van der Waals surface area contributed by atoms with Crippen molar-refractivity contribution in [3.05, 3.63) is 65.0 Å². The lowest BCUT2D eigenvalue weighted by atomic mass is 10.1. The summed E-state index contributed by atoms with van der Waals surface area (Å²) in [5.41, 5.74) is 6.28. The maximum absolute atomic E-state index is 12.7. The van der Waals surface area contributed by atoms with Crippen LogP contribution in [-0.4, -0.2) is 66.2 Å². The van der Waals surface area contributed by atoms with E-state index in [2.05, 4.69) is 20.2 Å². The fourth-order valence-electron chi connectivity index (χ4n) is 3.53. The van der Waals surface area contributed by atoms with E-state index in [-0.39, 0.29) is 30.1 Å². The zero-order valence-corrected chi connectivity index (χ0v) is 19.1. The highest BCUT2D eigenvalue weighted by atomic mass is 35.5. The zero-order valence-electron chi connectivity index (χ0n) is 18.3. The van der Waals surface area contributed by atoms with Crippen molar-refractivity contribution in [1.29, 1.82) is 0 Å². The molecular formula is C23H24ClN5O5. The normalized spacial score (nSPS) is 14.8. The Balaban J connectivity index is 1.42. The Kier molecular flexibility index (Phi) is 7.73. The molecule has 1 fully saturated rings. The van der Waals surface area contributed by atoms with E-state index in [1.807, 2.05) is 0 Å². The molecule has 3 N–H and O–H groups in total. The van der Waals surface area contributed by atoms with Gasteiger partial charge < -0.3 is 24.9 Å². The molecule has 0 spiro atoms. The summed E-state index contributed by atoms with van der Waals surface area (Å²) in [4.78, 5) is 35.5. The molecule has 0 atom stereocenters. The molecule has 0 radical (unpaired) electrons. The highest BCUT2D eigenvalue weighted by Crippen LogP contribution is 2.28. The zero-order chi connectivity index (χ0) is 23.9. The summed E-state index contributed by atoms with van der Waals surface area (Å²) in [7, 11) is 0. The number of carbonyl (C=O) groups is 2. The summed E-state index contributed by atoms with van der Waals surface area (Å²) in [5.74, 6) is -0.352. The molecule has 3 aromatic rings. The minimum Gasteiger partial charge on any atom is -0.461 e. The van der Waals surface area contributed by atoms with E-state index < -0.39 is 11.9 Å². The molecule has 0 saturated carbocycles. The van der Waals surface area contributed by atoms with Gasteiger partial charge in [0.05, 0.1) is 25.3 Å². The number of amides is 1. The molecule has 4 rings (SSSR count). The number of halogens is 1. The van der Waals surface area contributed by atoms with Crippen LogP contribution >= 0.6 is 11.6 Å². The van der Waals surface area contributed by atoms with Crippen LogP contribution in [0.3, 0.4) is 0 Å². The average Bonchev–Trinajstić information content (AvgIpc) is 3.26. The lowest BCUT2D eigenvalue weighted by Crippen LogP contribution is -2.38. The van der Waals surface area contributed by atoms with E-state index in [0.29, 0.717) is 41.5 Å². The van der Waals surface area contributed by atoms with Crippen molar-refractivity contribution in [3.63, 3.8) is 0 Å². The molecule has 1 aliphatic rings. The van der Waals surface area contributed by atoms with Gasteiger partial charge in [-0.3, -0.25) is 9.69 Å². The van der Waals surface area contributed by atoms with Crippen LogP contribution in [-0.2, 0) is 20.8 Å². The van der Waals surface area contributed by atoms with Crippen LogP contribution in [0.15, 0.2) is 47.3 Å². The SMILES string of the molecule is N/C=C(/C(=O)NCc1cc2cc(Cl)cc(C(=O)OCCN3CCOCC3)c2o1)c1ncccn1. The van der Waals surface area contributed by atoms with Gasteiger partial charge in [-0.1, -0.05) is 11.6 Å². The molecule has 2 aromatic heterocycles. The Bertz CT molecular complexity index is 1190. The number of benzene rings is 1. The maximum atomic E-state index is 12.7. The van der Waals surface area contributed by atoms with Gasteiger partial charge in [0.1, 0.15) is 23.5 Å². The van der Waals surface area contributed by atoms with Gasteiger partial charge in [-0.2, -0.15) is 0 Å². The molecule has 178 valence electrons. The predicted molar refractivity (Wildman–Crippen MR) is 125 cm³/mol. The molecule has 1 aliphatic heterocycles. The largest absolute Gasteiger partial charge is 0.461 e. The van der Waals surface area contributed by atoms with Crippen LogP contribution in [0.4, 0.5) is 0 Å². The van der Waals surface area contributed by atoms with Crippen molar-refractivity contribution >= 4 is 40.0 Å². The van der Waals surface area contributed by atoms with Gasteiger partial charge in [-0.15, -0.1) is 0 Å². The third kappa shape index (κ3) is 5.71. The number of fused-ring (bicyclic) bond motifs is 1. The first-order chi connectivity index (χ1) is 16.5. The number of aromatic nitrogens is 2. The Hall–Kier alpha value is -3.47. The summed E-state index contributed by atoms with van der Waals surface area (Å²) in [6.07, 6.45) is 4.18. The third-order valence-electron chi connectivity index (χ3n) is 5.24. The summed E-state index contributed by atoms with van der Waals surface area (Å²) >= 11 is 6.21. The minimum atomic E-state index is -0.528. The minimum absolute atomic E-state index is 0.0564. The number of morpholine rings is 1. The van der Waals surface area contributed by atoms with Gasteiger partial charge in [-0.05, 0) is 24.3 Å². The second-order valence-electron chi connectivity index (χ2n) is 7.51. The van der Waals surface area contributed by atoms with Crippen LogP contribution in [0.1, 0.15) is 21.9 Å². The number of furan rings is 1. The molecule has 0 unspecified atom stereocenters. The quantitative estimate of drug-likeness (QED) is 0.363. The number of nitrogens with two attached hydrogens (primary N) is 1. The fraction of sp³-hybridized carbons (Fsp3) is 0.304. The monoisotopic (exact) mass is 485 g/mol. The first-order valence-electron chi connectivity index (χ1n) is 10.7. The number of nitrogens with one attached hydrogen (secondary N) is 1. The van der Waals surface area contributed by atoms with Crippen molar-refractivity contribution in [2.45, 2.75) is 6.54 Å². The number of ether oxygens (including phenoxy) is 2. The summed E-state index contributed by atoms with van der Waals surface area (Å²) < 4.78 is 16.6. The lowest BCUT2D eigenvalue weighted by molar-refractivity contribution is -0.115. The smallest absolute Gasteiger partial charge is 0.342 e. The van der Waals surface area contributed by atoms with Crippen LogP contribution in [0.5, 0.6) is 0 Å². The van der Waals surface area contributed by atoms with Crippen LogP contribution in [0.2, 0.25) is 5.02 Å². The molecule has 1 aromatic carbocycles. The van der Waals surface area contributed by atoms with Gasteiger partial charge >= 0.3 is 5.97 Å². The first-order valence-corrected chi connectivity index (χ1v) is 11.1. The number of hydrogen-bond donors (Lipinski definition) is 2. The van der Waals surface area contributed by atoms with Crippen molar-refractivity contribution in [2.75, 3.05) is 39.5 Å². The maximum Gasteiger partial charge on any atom is 0.342 e. The second-order valence-corrected chi connectivity index (χ2v) is 7.95. The fourth-order valence-corrected chi connectivity index (χ4v) is 3.76. The van der Waals surface area contributed by atoms with Crippen molar-refractivity contribution in [3.8, 4) is 0 Å². The molecule has 3 heterocycles. The van der Waals surface area contributed by atoms with E-state index in [9.17, 15) is 9.59 Å². The van der Waals surface area contributed by atoms with Crippen LogP contribution in [0.25, 0.3) is 16.5 Å². The highest BCUT2D eigenvalue weighted by Gasteiger charge is 2.20. The summed E-state index contributed by atoms with van der Waals surface area (Å²) in [5, 5.41) is 3.71. The van der Waals surface area contributed by atoms with E-state index in [4.69, 9.17) is 31.2 Å². The Morgan fingerprint density at radius 1 is 1.21 bits per heavy atom.